The molecule has 0 bridgehead atoms. The SMILES string of the molecule is Cc1cccc(C)c1-c1c(C)nn2c(NCc3ccc(F)cc3)cc(C(=O)O)nc12. The van der Waals surface area contributed by atoms with Crippen LogP contribution in [-0.2, 0) is 6.54 Å². The molecule has 2 aromatic carbocycles. The van der Waals surface area contributed by atoms with Crippen molar-refractivity contribution in [2.24, 2.45) is 0 Å². The van der Waals surface area contributed by atoms with Crippen molar-refractivity contribution in [2.45, 2.75) is 27.3 Å². The van der Waals surface area contributed by atoms with Crippen LogP contribution in [-0.4, -0.2) is 25.7 Å². The van der Waals surface area contributed by atoms with Crippen molar-refractivity contribution in [1.29, 1.82) is 0 Å². The number of halogens is 1. The highest BCUT2D eigenvalue weighted by Crippen LogP contribution is 2.34. The van der Waals surface area contributed by atoms with Crippen molar-refractivity contribution in [3.8, 4) is 11.1 Å². The van der Waals surface area contributed by atoms with Gasteiger partial charge in [-0.15, -0.1) is 0 Å². The van der Waals surface area contributed by atoms with E-state index in [1.165, 1.54) is 18.2 Å². The highest BCUT2D eigenvalue weighted by atomic mass is 19.1. The van der Waals surface area contributed by atoms with Gasteiger partial charge in [0.15, 0.2) is 11.3 Å². The second-order valence-electron chi connectivity index (χ2n) is 7.27. The summed E-state index contributed by atoms with van der Waals surface area (Å²) in [7, 11) is 0. The van der Waals surface area contributed by atoms with E-state index in [0.29, 0.717) is 18.0 Å². The molecule has 0 aliphatic rings. The minimum Gasteiger partial charge on any atom is -0.477 e. The van der Waals surface area contributed by atoms with Gasteiger partial charge in [0.2, 0.25) is 0 Å². The number of benzene rings is 2. The van der Waals surface area contributed by atoms with Gasteiger partial charge in [-0.1, -0.05) is 30.3 Å². The molecular weight excluding hydrogens is 383 g/mol. The molecule has 0 aliphatic heterocycles. The molecule has 0 saturated carbocycles. The van der Waals surface area contributed by atoms with Crippen molar-refractivity contribution in [2.75, 3.05) is 5.32 Å². The number of aromatic carboxylic acids is 1. The molecule has 4 rings (SSSR count). The quantitative estimate of drug-likeness (QED) is 0.501. The fourth-order valence-corrected chi connectivity index (χ4v) is 3.66. The van der Waals surface area contributed by atoms with Crippen LogP contribution >= 0.6 is 0 Å². The molecule has 0 atom stereocenters. The zero-order chi connectivity index (χ0) is 21.4. The zero-order valence-corrected chi connectivity index (χ0v) is 16.9. The molecule has 152 valence electrons. The van der Waals surface area contributed by atoms with Gasteiger partial charge in [0.05, 0.1) is 11.3 Å². The van der Waals surface area contributed by atoms with Crippen LogP contribution in [0.25, 0.3) is 16.8 Å². The fraction of sp³-hybridized carbons (Fsp3) is 0.174. The predicted molar refractivity (Wildman–Crippen MR) is 113 cm³/mol. The summed E-state index contributed by atoms with van der Waals surface area (Å²) in [5.74, 6) is -0.921. The van der Waals surface area contributed by atoms with E-state index in [4.69, 9.17) is 0 Å². The average molecular weight is 404 g/mol. The molecule has 0 unspecified atom stereocenters. The Morgan fingerprint density at radius 2 is 1.73 bits per heavy atom. The second kappa shape index (κ2) is 7.59. The molecule has 2 aromatic heterocycles. The lowest BCUT2D eigenvalue weighted by Crippen LogP contribution is -2.10. The van der Waals surface area contributed by atoms with Gasteiger partial charge in [-0.25, -0.2) is 14.2 Å². The largest absolute Gasteiger partial charge is 0.477 e. The Hall–Kier alpha value is -3.74. The molecule has 2 N–H and O–H groups in total. The topological polar surface area (TPSA) is 79.5 Å². The summed E-state index contributed by atoms with van der Waals surface area (Å²) in [6, 6.07) is 13.6. The van der Waals surface area contributed by atoms with Crippen molar-refractivity contribution in [3.63, 3.8) is 0 Å². The number of hydrogen-bond acceptors (Lipinski definition) is 4. The van der Waals surface area contributed by atoms with E-state index in [1.54, 1.807) is 16.6 Å². The Kier molecular flexibility index (Phi) is 4.95. The molecule has 0 saturated heterocycles. The Balaban J connectivity index is 1.87. The first-order valence-electron chi connectivity index (χ1n) is 9.53. The zero-order valence-electron chi connectivity index (χ0n) is 16.9. The Morgan fingerprint density at radius 1 is 1.07 bits per heavy atom. The van der Waals surface area contributed by atoms with Crippen LogP contribution in [0.3, 0.4) is 0 Å². The first kappa shape index (κ1) is 19.6. The number of carboxylic acids is 1. The number of rotatable bonds is 5. The van der Waals surface area contributed by atoms with Gasteiger partial charge in [-0.05, 0) is 55.2 Å². The molecule has 0 fully saturated rings. The van der Waals surface area contributed by atoms with Crippen molar-refractivity contribution < 1.29 is 14.3 Å². The standard InChI is InChI=1S/C23H21FN4O2/c1-13-5-4-6-14(2)20(13)21-15(3)27-28-19(11-18(23(29)30)26-22(21)28)25-12-16-7-9-17(24)10-8-16/h4-11,25H,12H2,1-3H3,(H,29,30). The molecule has 0 spiro atoms. The van der Waals surface area contributed by atoms with Crippen LogP contribution in [0.2, 0.25) is 0 Å². The molecule has 7 heteroatoms. The van der Waals surface area contributed by atoms with Crippen LogP contribution in [0, 0.1) is 26.6 Å². The lowest BCUT2D eigenvalue weighted by atomic mass is 9.96. The number of aromatic nitrogens is 3. The number of nitrogens with zero attached hydrogens (tertiary/aromatic N) is 3. The molecule has 4 aromatic rings. The third kappa shape index (κ3) is 3.50. The van der Waals surface area contributed by atoms with Crippen LogP contribution in [0.15, 0.2) is 48.5 Å². The predicted octanol–water partition coefficient (Wildman–Crippen LogP) is 4.77. The summed E-state index contributed by atoms with van der Waals surface area (Å²) in [6.45, 7) is 6.30. The lowest BCUT2D eigenvalue weighted by molar-refractivity contribution is 0.0690. The van der Waals surface area contributed by atoms with E-state index in [-0.39, 0.29) is 11.5 Å². The van der Waals surface area contributed by atoms with Gasteiger partial charge in [0.25, 0.3) is 0 Å². The van der Waals surface area contributed by atoms with E-state index in [0.717, 1.165) is 33.5 Å². The normalized spacial score (nSPS) is 11.1. The number of carbonyl (C=O) groups is 1. The van der Waals surface area contributed by atoms with E-state index >= 15 is 0 Å². The minimum absolute atomic E-state index is 0.0727. The van der Waals surface area contributed by atoms with Crippen molar-refractivity contribution >= 4 is 17.4 Å². The summed E-state index contributed by atoms with van der Waals surface area (Å²) in [4.78, 5) is 16.1. The molecule has 6 nitrogen and oxygen atoms in total. The van der Waals surface area contributed by atoms with Gasteiger partial charge in [-0.2, -0.15) is 9.61 Å². The molecular formula is C23H21FN4O2. The lowest BCUT2D eigenvalue weighted by Gasteiger charge is -2.11. The summed E-state index contributed by atoms with van der Waals surface area (Å²) in [5.41, 5.74) is 5.98. The molecule has 2 heterocycles. The fourth-order valence-electron chi connectivity index (χ4n) is 3.66. The Labute approximate surface area is 173 Å². The second-order valence-corrected chi connectivity index (χ2v) is 7.27. The summed E-state index contributed by atoms with van der Waals surface area (Å²) in [6.07, 6.45) is 0. The van der Waals surface area contributed by atoms with Crippen LogP contribution in [0.5, 0.6) is 0 Å². The molecule has 30 heavy (non-hydrogen) atoms. The first-order valence-corrected chi connectivity index (χ1v) is 9.53. The number of fused-ring (bicyclic) bond motifs is 1. The maximum absolute atomic E-state index is 13.2. The number of nitrogens with one attached hydrogen (secondary N) is 1. The number of aryl methyl sites for hydroxylation is 3. The van der Waals surface area contributed by atoms with Crippen LogP contribution in [0.1, 0.15) is 32.9 Å². The summed E-state index contributed by atoms with van der Waals surface area (Å²) < 4.78 is 14.8. The van der Waals surface area contributed by atoms with Crippen molar-refractivity contribution in [1.82, 2.24) is 14.6 Å². The van der Waals surface area contributed by atoms with Crippen molar-refractivity contribution in [3.05, 3.63) is 82.4 Å². The molecule has 0 radical (unpaired) electrons. The third-order valence-corrected chi connectivity index (χ3v) is 5.10. The van der Waals surface area contributed by atoms with Gasteiger partial charge in [-0.3, -0.25) is 0 Å². The average Bonchev–Trinajstić information content (AvgIpc) is 3.03. The number of anilines is 1. The summed E-state index contributed by atoms with van der Waals surface area (Å²) >= 11 is 0. The maximum atomic E-state index is 13.2. The van der Waals surface area contributed by atoms with E-state index in [9.17, 15) is 14.3 Å². The van der Waals surface area contributed by atoms with Gasteiger partial charge < -0.3 is 10.4 Å². The number of hydrogen-bond donors (Lipinski definition) is 2. The monoisotopic (exact) mass is 404 g/mol. The van der Waals surface area contributed by atoms with Crippen LogP contribution in [0.4, 0.5) is 10.2 Å². The van der Waals surface area contributed by atoms with Gasteiger partial charge >= 0.3 is 5.97 Å². The van der Waals surface area contributed by atoms with Gasteiger partial charge in [0, 0.05) is 12.6 Å². The third-order valence-electron chi connectivity index (χ3n) is 5.10. The molecule has 0 amide bonds. The number of carboxylic acid groups (broad SMARTS) is 1. The smallest absolute Gasteiger partial charge is 0.354 e. The summed E-state index contributed by atoms with van der Waals surface area (Å²) in [5, 5.41) is 17.5. The van der Waals surface area contributed by atoms with E-state index < -0.39 is 5.97 Å². The van der Waals surface area contributed by atoms with E-state index in [1.807, 2.05) is 39.0 Å². The van der Waals surface area contributed by atoms with Crippen LogP contribution < -0.4 is 5.32 Å². The van der Waals surface area contributed by atoms with Gasteiger partial charge in [0.1, 0.15) is 11.6 Å². The highest BCUT2D eigenvalue weighted by Gasteiger charge is 2.21. The van der Waals surface area contributed by atoms with E-state index in [2.05, 4.69) is 15.4 Å². The Morgan fingerprint density at radius 3 is 2.37 bits per heavy atom. The highest BCUT2D eigenvalue weighted by molar-refractivity contribution is 5.90. The molecule has 0 aliphatic carbocycles. The first-order chi connectivity index (χ1) is 14.3. The Bertz CT molecular complexity index is 1240. The minimum atomic E-state index is -1.12. The maximum Gasteiger partial charge on any atom is 0.354 e.